The number of rotatable bonds is 3. The number of aromatic nitrogens is 1. The Bertz CT molecular complexity index is 521. The number of aryl methyl sites for hydroxylation is 1. The van der Waals surface area contributed by atoms with Crippen LogP contribution >= 0.6 is 23.8 Å². The Labute approximate surface area is 130 Å². The van der Waals surface area contributed by atoms with Gasteiger partial charge in [-0.2, -0.15) is 0 Å². The van der Waals surface area contributed by atoms with Crippen LogP contribution in [-0.4, -0.2) is 60.1 Å². The molecule has 0 saturated heterocycles. The third-order valence-corrected chi connectivity index (χ3v) is 4.26. The van der Waals surface area contributed by atoms with Crippen LogP contribution in [0.3, 0.4) is 0 Å². The van der Waals surface area contributed by atoms with E-state index in [2.05, 4.69) is 24.0 Å². The van der Waals surface area contributed by atoms with Gasteiger partial charge in [0.05, 0.1) is 22.8 Å². The minimum absolute atomic E-state index is 0.0784. The van der Waals surface area contributed by atoms with Gasteiger partial charge in [-0.3, -0.25) is 0 Å². The van der Waals surface area contributed by atoms with E-state index in [1.807, 2.05) is 24.9 Å². The Morgan fingerprint density at radius 2 is 2.25 bits per heavy atom. The Morgan fingerprint density at radius 1 is 1.55 bits per heavy atom. The third kappa shape index (κ3) is 3.40. The average molecular weight is 314 g/mol. The number of thiocarbonyl (C=S) groups is 1. The van der Waals surface area contributed by atoms with Crippen LogP contribution in [0.4, 0.5) is 0 Å². The van der Waals surface area contributed by atoms with Gasteiger partial charge in [-0.15, -0.1) is 0 Å². The quantitative estimate of drug-likeness (QED) is 0.799. The van der Waals surface area contributed by atoms with Crippen LogP contribution in [-0.2, 0) is 0 Å². The number of halogens is 1. The van der Waals surface area contributed by atoms with Crippen molar-refractivity contribution >= 4 is 28.8 Å². The minimum Gasteiger partial charge on any atom is -0.472 e. The summed E-state index contributed by atoms with van der Waals surface area (Å²) in [6, 6.07) is 1.85. The lowest BCUT2D eigenvalue weighted by Gasteiger charge is -2.22. The van der Waals surface area contributed by atoms with E-state index in [-0.39, 0.29) is 6.10 Å². The van der Waals surface area contributed by atoms with E-state index >= 15 is 0 Å². The lowest BCUT2D eigenvalue weighted by Crippen LogP contribution is -2.35. The molecule has 0 fully saturated rings. The average Bonchev–Trinajstić information content (AvgIpc) is 2.48. The summed E-state index contributed by atoms with van der Waals surface area (Å²) in [6.07, 6.45) is 1.01. The second kappa shape index (κ2) is 6.24. The van der Waals surface area contributed by atoms with E-state index in [4.69, 9.17) is 28.6 Å². The number of fused-ring (bicyclic) bond motifs is 1. The van der Waals surface area contributed by atoms with Crippen molar-refractivity contribution in [1.82, 2.24) is 14.8 Å². The molecule has 1 unspecified atom stereocenters. The van der Waals surface area contributed by atoms with Gasteiger partial charge in [0.25, 0.3) is 0 Å². The van der Waals surface area contributed by atoms with Crippen LogP contribution in [0.15, 0.2) is 6.07 Å². The van der Waals surface area contributed by atoms with E-state index in [9.17, 15) is 0 Å². The molecule has 0 spiro atoms. The van der Waals surface area contributed by atoms with Gasteiger partial charge >= 0.3 is 0 Å². The fourth-order valence-corrected chi connectivity index (χ4v) is 2.52. The number of hydrogen-bond donors (Lipinski definition) is 0. The topological polar surface area (TPSA) is 28.6 Å². The van der Waals surface area contributed by atoms with Gasteiger partial charge < -0.3 is 14.5 Å². The van der Waals surface area contributed by atoms with E-state index < -0.39 is 0 Å². The summed E-state index contributed by atoms with van der Waals surface area (Å²) in [7, 11) is 6.10. The second-order valence-corrected chi connectivity index (χ2v) is 6.22. The molecule has 1 atom stereocenters. The second-order valence-electron chi connectivity index (χ2n) is 5.43. The Hall–Kier alpha value is -0.910. The summed E-state index contributed by atoms with van der Waals surface area (Å²) in [5.41, 5.74) is 1.58. The molecule has 1 aliphatic heterocycles. The molecule has 2 rings (SSSR count). The van der Waals surface area contributed by atoms with Crippen LogP contribution in [0.25, 0.3) is 0 Å². The zero-order chi connectivity index (χ0) is 14.9. The van der Waals surface area contributed by atoms with Gasteiger partial charge in [-0.05, 0) is 33.5 Å². The minimum atomic E-state index is 0.0784. The highest BCUT2D eigenvalue weighted by molar-refractivity contribution is 7.80. The largest absolute Gasteiger partial charge is 0.472 e. The SMILES string of the molecule is Cc1nc2c(cc1Cl)C(=S)N(C)CC(CCN(C)C)O2. The lowest BCUT2D eigenvalue weighted by atomic mass is 10.2. The first-order valence-electron chi connectivity index (χ1n) is 6.62. The molecule has 110 valence electrons. The van der Waals surface area contributed by atoms with Gasteiger partial charge in [0, 0.05) is 13.6 Å². The summed E-state index contributed by atoms with van der Waals surface area (Å²) in [4.78, 5) is 9.37. The molecule has 0 N–H and O–H groups in total. The van der Waals surface area contributed by atoms with E-state index in [0.717, 1.165) is 35.8 Å². The summed E-state index contributed by atoms with van der Waals surface area (Å²) in [5, 5.41) is 0.620. The van der Waals surface area contributed by atoms with Gasteiger partial charge in [0.2, 0.25) is 5.88 Å². The summed E-state index contributed by atoms with van der Waals surface area (Å²) in [6.45, 7) is 3.60. The predicted molar refractivity (Wildman–Crippen MR) is 85.9 cm³/mol. The first-order chi connectivity index (χ1) is 9.38. The van der Waals surface area contributed by atoms with Gasteiger partial charge in [0.1, 0.15) is 11.1 Å². The number of nitrogens with zero attached hydrogens (tertiary/aromatic N) is 3. The standard InChI is InChI=1S/C14H20ClN3OS/c1-9-12(15)7-11-13(16-9)19-10(5-6-17(2)3)8-18(4)14(11)20/h7,10H,5-6,8H2,1-4H3. The molecule has 4 nitrogen and oxygen atoms in total. The zero-order valence-electron chi connectivity index (χ0n) is 12.3. The van der Waals surface area contributed by atoms with Crippen molar-refractivity contribution in [1.29, 1.82) is 0 Å². The van der Waals surface area contributed by atoms with Gasteiger partial charge in [0.15, 0.2) is 0 Å². The molecule has 1 aliphatic rings. The molecule has 0 radical (unpaired) electrons. The smallest absolute Gasteiger partial charge is 0.224 e. The van der Waals surface area contributed by atoms with Gasteiger partial charge in [-0.25, -0.2) is 4.98 Å². The molecule has 0 aromatic carbocycles. The fourth-order valence-electron chi connectivity index (χ4n) is 2.14. The van der Waals surface area contributed by atoms with Crippen LogP contribution in [0.2, 0.25) is 5.02 Å². The fraction of sp³-hybridized carbons (Fsp3) is 0.571. The van der Waals surface area contributed by atoms with Crippen molar-refractivity contribution in [3.05, 3.63) is 22.3 Å². The van der Waals surface area contributed by atoms with Crippen LogP contribution in [0.1, 0.15) is 17.7 Å². The number of ether oxygens (including phenoxy) is 1. The predicted octanol–water partition coefficient (Wildman–Crippen LogP) is 2.36. The van der Waals surface area contributed by atoms with Crippen LogP contribution in [0.5, 0.6) is 5.88 Å². The number of hydrogen-bond acceptors (Lipinski definition) is 4. The zero-order valence-corrected chi connectivity index (χ0v) is 13.9. The summed E-state index contributed by atoms with van der Waals surface area (Å²) < 4.78 is 6.06. The maximum atomic E-state index is 6.15. The van der Waals surface area contributed by atoms with Crippen molar-refractivity contribution in [2.45, 2.75) is 19.4 Å². The highest BCUT2D eigenvalue weighted by atomic mass is 35.5. The highest BCUT2D eigenvalue weighted by Gasteiger charge is 2.26. The van der Waals surface area contributed by atoms with E-state index in [1.54, 1.807) is 0 Å². The molecule has 20 heavy (non-hydrogen) atoms. The van der Waals surface area contributed by atoms with Crippen LogP contribution < -0.4 is 4.74 Å². The summed E-state index contributed by atoms with van der Waals surface area (Å²) in [5.74, 6) is 0.602. The van der Waals surface area contributed by atoms with E-state index in [0.29, 0.717) is 10.9 Å². The number of pyridine rings is 1. The molecule has 1 aromatic heterocycles. The van der Waals surface area contributed by atoms with Crippen LogP contribution in [0, 0.1) is 6.92 Å². The molecular formula is C14H20ClN3OS. The molecular weight excluding hydrogens is 294 g/mol. The lowest BCUT2D eigenvalue weighted by molar-refractivity contribution is 0.154. The number of likely N-dealkylation sites (N-methyl/N-ethyl adjacent to an activating group) is 1. The molecule has 0 saturated carbocycles. The molecule has 0 bridgehead atoms. The molecule has 0 aliphatic carbocycles. The van der Waals surface area contributed by atoms with Crippen molar-refractivity contribution in [2.75, 3.05) is 34.2 Å². The van der Waals surface area contributed by atoms with Crippen molar-refractivity contribution in [2.24, 2.45) is 0 Å². The van der Waals surface area contributed by atoms with Crippen molar-refractivity contribution < 1.29 is 4.74 Å². The third-order valence-electron chi connectivity index (χ3n) is 3.35. The molecule has 2 heterocycles. The Morgan fingerprint density at radius 3 is 2.90 bits per heavy atom. The first kappa shape index (κ1) is 15.5. The molecule has 1 aromatic rings. The molecule has 6 heteroatoms. The maximum absolute atomic E-state index is 6.15. The maximum Gasteiger partial charge on any atom is 0.224 e. The van der Waals surface area contributed by atoms with Crippen molar-refractivity contribution in [3.8, 4) is 5.88 Å². The van der Waals surface area contributed by atoms with Gasteiger partial charge in [-0.1, -0.05) is 23.8 Å². The highest BCUT2D eigenvalue weighted by Crippen LogP contribution is 2.28. The normalized spacial score (nSPS) is 18.8. The Balaban J connectivity index is 2.29. The summed E-state index contributed by atoms with van der Waals surface area (Å²) >= 11 is 11.6. The van der Waals surface area contributed by atoms with Crippen molar-refractivity contribution in [3.63, 3.8) is 0 Å². The molecule has 0 amide bonds. The van der Waals surface area contributed by atoms with E-state index in [1.165, 1.54) is 0 Å². The Kier molecular flexibility index (Phi) is 4.83. The monoisotopic (exact) mass is 313 g/mol. The first-order valence-corrected chi connectivity index (χ1v) is 7.41.